The van der Waals surface area contributed by atoms with E-state index < -0.39 is 10.1 Å². The molecule has 1 heterocycles. The summed E-state index contributed by atoms with van der Waals surface area (Å²) >= 11 is 1.44. The number of rotatable bonds is 3. The van der Waals surface area contributed by atoms with Crippen LogP contribution >= 0.6 is 11.3 Å². The van der Waals surface area contributed by atoms with Gasteiger partial charge in [0.05, 0.1) is 0 Å². The second-order valence-corrected chi connectivity index (χ2v) is 7.53. The van der Waals surface area contributed by atoms with Crippen LogP contribution in [0, 0.1) is 5.92 Å². The van der Waals surface area contributed by atoms with Gasteiger partial charge in [0.1, 0.15) is 16.2 Å². The van der Waals surface area contributed by atoms with Gasteiger partial charge in [-0.3, -0.25) is 4.55 Å². The molecule has 5 nitrogen and oxygen atoms in total. The van der Waals surface area contributed by atoms with Crippen molar-refractivity contribution in [3.63, 3.8) is 0 Å². The topological polar surface area (TPSA) is 83.5 Å². The predicted octanol–water partition coefficient (Wildman–Crippen LogP) is 2.51. The molecular weight excluding hydrogens is 298 g/mol. The summed E-state index contributed by atoms with van der Waals surface area (Å²) in [6.07, 6.45) is 7.08. The fraction of sp³-hybridized carbons (Fsp3) is 0.615. The highest BCUT2D eigenvalue weighted by molar-refractivity contribution is 7.86. The molecule has 0 amide bonds. The van der Waals surface area contributed by atoms with Crippen molar-refractivity contribution in [3.05, 3.63) is 10.4 Å². The van der Waals surface area contributed by atoms with Crippen molar-refractivity contribution >= 4 is 32.7 Å². The van der Waals surface area contributed by atoms with Crippen LogP contribution in [0.1, 0.15) is 36.1 Å². The van der Waals surface area contributed by atoms with E-state index in [9.17, 15) is 17.8 Å². The Hall–Kier alpha value is -0.920. The van der Waals surface area contributed by atoms with Crippen LogP contribution in [0.2, 0.25) is 0 Å². The molecule has 0 aromatic carbocycles. The molecule has 0 bridgehead atoms. The molecule has 0 spiro atoms. The molecule has 0 saturated heterocycles. The van der Waals surface area contributed by atoms with Gasteiger partial charge in [0.25, 0.3) is 10.1 Å². The van der Waals surface area contributed by atoms with Crippen LogP contribution in [-0.4, -0.2) is 26.3 Å². The minimum absolute atomic E-state index is 0.102. The van der Waals surface area contributed by atoms with Crippen molar-refractivity contribution in [1.29, 1.82) is 0 Å². The summed E-state index contributed by atoms with van der Waals surface area (Å²) in [6, 6.07) is 0. The van der Waals surface area contributed by atoms with Gasteiger partial charge in [0, 0.05) is 17.8 Å². The van der Waals surface area contributed by atoms with Crippen molar-refractivity contribution in [2.75, 3.05) is 12.4 Å². The van der Waals surface area contributed by atoms with Gasteiger partial charge in [-0.05, 0) is 44.1 Å². The van der Waals surface area contributed by atoms with Crippen LogP contribution < -0.4 is 5.32 Å². The first-order chi connectivity index (χ1) is 9.47. The molecule has 1 aromatic heterocycles. The molecular formula is C13H19NO4S2. The van der Waals surface area contributed by atoms with Gasteiger partial charge < -0.3 is 10.1 Å². The number of hydrogen-bond donors (Lipinski definition) is 2. The van der Waals surface area contributed by atoms with Crippen molar-refractivity contribution in [2.45, 2.75) is 43.4 Å². The average Bonchev–Trinajstić information content (AvgIpc) is 3.16. The summed E-state index contributed by atoms with van der Waals surface area (Å²) in [5.74, 6) is 0.454. The Morgan fingerprint density at radius 1 is 1.30 bits per heavy atom. The lowest BCUT2D eigenvalue weighted by atomic mass is 9.99. The third-order valence-corrected chi connectivity index (χ3v) is 5.83. The Bertz CT molecular complexity index is 588. The molecule has 2 N–H and O–H groups in total. The zero-order valence-corrected chi connectivity index (χ0v) is 13.0. The SMILES string of the molecule is CNc1sc2c(c1S(=O)(=O)O)CCCC2.O=CC1CC1. The van der Waals surface area contributed by atoms with Crippen LogP contribution in [0.3, 0.4) is 0 Å². The molecule has 0 radical (unpaired) electrons. The van der Waals surface area contributed by atoms with Crippen LogP contribution in [0.4, 0.5) is 5.00 Å². The molecule has 0 atom stereocenters. The lowest BCUT2D eigenvalue weighted by molar-refractivity contribution is -0.108. The number of fused-ring (bicyclic) bond motifs is 1. The summed E-state index contributed by atoms with van der Waals surface area (Å²) in [4.78, 5) is 10.8. The maximum absolute atomic E-state index is 11.3. The van der Waals surface area contributed by atoms with Crippen molar-refractivity contribution in [1.82, 2.24) is 0 Å². The molecule has 1 aromatic rings. The van der Waals surface area contributed by atoms with Gasteiger partial charge in [-0.25, -0.2) is 0 Å². The van der Waals surface area contributed by atoms with Crippen molar-refractivity contribution in [3.8, 4) is 0 Å². The van der Waals surface area contributed by atoms with Gasteiger partial charge in [-0.15, -0.1) is 11.3 Å². The maximum Gasteiger partial charge on any atom is 0.297 e. The van der Waals surface area contributed by atoms with E-state index in [0.717, 1.165) is 55.3 Å². The molecule has 0 aliphatic heterocycles. The van der Waals surface area contributed by atoms with Crippen molar-refractivity contribution in [2.24, 2.45) is 5.92 Å². The fourth-order valence-corrected chi connectivity index (χ4v) is 4.72. The minimum atomic E-state index is -4.10. The van der Waals surface area contributed by atoms with E-state index in [1.54, 1.807) is 7.05 Å². The lowest BCUT2D eigenvalue weighted by Gasteiger charge is -2.11. The summed E-state index contributed by atoms with van der Waals surface area (Å²) < 4.78 is 31.7. The molecule has 7 heteroatoms. The number of nitrogens with one attached hydrogen (secondary N) is 1. The number of aldehydes is 1. The fourth-order valence-electron chi connectivity index (χ4n) is 2.21. The van der Waals surface area contributed by atoms with E-state index in [-0.39, 0.29) is 4.90 Å². The zero-order chi connectivity index (χ0) is 14.8. The van der Waals surface area contributed by atoms with E-state index in [4.69, 9.17) is 0 Å². The maximum atomic E-state index is 11.3. The van der Waals surface area contributed by atoms with Crippen LogP contribution in [0.5, 0.6) is 0 Å². The van der Waals surface area contributed by atoms with E-state index in [1.165, 1.54) is 11.3 Å². The third-order valence-electron chi connectivity index (χ3n) is 3.42. The van der Waals surface area contributed by atoms with Crippen LogP contribution in [0.25, 0.3) is 0 Å². The summed E-state index contributed by atoms with van der Waals surface area (Å²) in [5.41, 5.74) is 0.818. The summed E-state index contributed by atoms with van der Waals surface area (Å²) in [7, 11) is -2.42. The predicted molar refractivity (Wildman–Crippen MR) is 79.1 cm³/mol. The van der Waals surface area contributed by atoms with E-state index in [2.05, 4.69) is 5.32 Å². The Morgan fingerprint density at radius 2 is 1.95 bits per heavy atom. The summed E-state index contributed by atoms with van der Waals surface area (Å²) in [5, 5.41) is 3.40. The molecule has 1 fully saturated rings. The normalized spacial score (nSPS) is 17.7. The number of carbonyl (C=O) groups excluding carboxylic acids is 1. The number of anilines is 1. The van der Waals surface area contributed by atoms with Crippen molar-refractivity contribution < 1.29 is 17.8 Å². The minimum Gasteiger partial charge on any atom is -0.379 e. The smallest absolute Gasteiger partial charge is 0.297 e. The van der Waals surface area contributed by atoms with Gasteiger partial charge in [-0.1, -0.05) is 0 Å². The Morgan fingerprint density at radius 3 is 2.40 bits per heavy atom. The highest BCUT2D eigenvalue weighted by atomic mass is 32.2. The van der Waals surface area contributed by atoms with E-state index in [1.807, 2.05) is 0 Å². The standard InChI is InChI=1S/C9H13NO3S2.C4H6O/c1-10-9-8(15(11,12)13)6-4-2-3-5-7(6)14-9;5-3-4-1-2-4/h10H,2-5H2,1H3,(H,11,12,13);3-4H,1-2H2. The summed E-state index contributed by atoms with van der Waals surface area (Å²) in [6.45, 7) is 0. The van der Waals surface area contributed by atoms with Crippen LogP contribution in [-0.2, 0) is 27.8 Å². The van der Waals surface area contributed by atoms with E-state index in [0.29, 0.717) is 10.9 Å². The second kappa shape index (κ2) is 6.24. The largest absolute Gasteiger partial charge is 0.379 e. The molecule has 0 unspecified atom stereocenters. The van der Waals surface area contributed by atoms with Gasteiger partial charge in [0.15, 0.2) is 0 Å². The molecule has 2 aliphatic rings. The zero-order valence-electron chi connectivity index (χ0n) is 11.4. The monoisotopic (exact) mass is 317 g/mol. The molecule has 3 rings (SSSR count). The average molecular weight is 317 g/mol. The number of hydrogen-bond acceptors (Lipinski definition) is 5. The molecule has 112 valence electrons. The van der Waals surface area contributed by atoms with E-state index >= 15 is 0 Å². The van der Waals surface area contributed by atoms with Gasteiger partial charge in [0.2, 0.25) is 0 Å². The lowest BCUT2D eigenvalue weighted by Crippen LogP contribution is -2.07. The highest BCUT2D eigenvalue weighted by Crippen LogP contribution is 2.40. The first-order valence-electron chi connectivity index (χ1n) is 6.72. The molecule has 2 aliphatic carbocycles. The first-order valence-corrected chi connectivity index (χ1v) is 8.98. The Balaban J connectivity index is 0.000000247. The second-order valence-electron chi connectivity index (χ2n) is 5.07. The Labute approximate surface area is 123 Å². The van der Waals surface area contributed by atoms with Gasteiger partial charge >= 0.3 is 0 Å². The number of aryl methyl sites for hydroxylation is 1. The first kappa shape index (κ1) is 15.5. The Kier molecular flexibility index (Phi) is 4.82. The molecule has 1 saturated carbocycles. The van der Waals surface area contributed by atoms with Gasteiger partial charge in [-0.2, -0.15) is 8.42 Å². The molecule has 20 heavy (non-hydrogen) atoms. The van der Waals surface area contributed by atoms with Crippen LogP contribution in [0.15, 0.2) is 4.90 Å². The quantitative estimate of drug-likeness (QED) is 0.661. The number of thiophene rings is 1. The highest BCUT2D eigenvalue weighted by Gasteiger charge is 2.27. The number of carbonyl (C=O) groups is 1. The third kappa shape index (κ3) is 3.59.